The second kappa shape index (κ2) is 10.9. The molecule has 0 aromatic heterocycles. The maximum absolute atomic E-state index is 13.2. The number of nitrogens with zero attached hydrogens (tertiary/aromatic N) is 2. The van der Waals surface area contributed by atoms with Crippen LogP contribution < -0.4 is 9.64 Å². The summed E-state index contributed by atoms with van der Waals surface area (Å²) in [5.74, 6) is 1.27. The van der Waals surface area contributed by atoms with E-state index < -0.39 is 0 Å². The molecule has 172 valence electrons. The average Bonchev–Trinajstić information content (AvgIpc) is 2.85. The van der Waals surface area contributed by atoms with Gasteiger partial charge in [-0.25, -0.2) is 4.39 Å². The smallest absolute Gasteiger partial charge is 0.253 e. The molecular weight excluding hydrogens is 459 g/mol. The summed E-state index contributed by atoms with van der Waals surface area (Å²) in [4.78, 5) is 18.4. The lowest BCUT2D eigenvalue weighted by molar-refractivity contribution is 0.0746. The molecule has 1 fully saturated rings. The van der Waals surface area contributed by atoms with E-state index in [1.54, 1.807) is 23.9 Å². The lowest BCUT2D eigenvalue weighted by Gasteiger charge is -2.36. The molecule has 4 nitrogen and oxygen atoms in total. The Bertz CT molecular complexity index is 1080. The van der Waals surface area contributed by atoms with Gasteiger partial charge in [0.1, 0.15) is 11.6 Å². The van der Waals surface area contributed by atoms with Gasteiger partial charge < -0.3 is 14.5 Å². The number of piperazine rings is 1. The molecule has 0 N–H and O–H groups in total. The van der Waals surface area contributed by atoms with E-state index in [-0.39, 0.29) is 11.7 Å². The normalized spacial score (nSPS) is 13.8. The molecule has 0 saturated carbocycles. The minimum atomic E-state index is -0.243. The standard InChI is InChI=1S/C26H26ClFN2O2S/c1-2-32-25-12-3-19(17-20(25)18-33-24-10-4-21(27)5-11-24)26(31)30-15-13-29(14-16-30)23-8-6-22(28)7-9-23/h3-12,17H,2,13-16,18H2,1H3. The largest absolute Gasteiger partial charge is 0.494 e. The summed E-state index contributed by atoms with van der Waals surface area (Å²) < 4.78 is 19.0. The van der Waals surface area contributed by atoms with Crippen LogP contribution in [0.1, 0.15) is 22.8 Å². The number of rotatable bonds is 7. The zero-order chi connectivity index (χ0) is 23.2. The molecule has 0 bridgehead atoms. The van der Waals surface area contributed by atoms with E-state index >= 15 is 0 Å². The van der Waals surface area contributed by atoms with Gasteiger partial charge in [-0.05, 0) is 73.7 Å². The lowest BCUT2D eigenvalue weighted by Crippen LogP contribution is -2.48. The van der Waals surface area contributed by atoms with Gasteiger partial charge in [-0.3, -0.25) is 4.79 Å². The van der Waals surface area contributed by atoms with Crippen LogP contribution in [0.4, 0.5) is 10.1 Å². The van der Waals surface area contributed by atoms with E-state index in [4.69, 9.17) is 16.3 Å². The van der Waals surface area contributed by atoms with Crippen LogP contribution in [0.2, 0.25) is 5.02 Å². The molecule has 0 atom stereocenters. The molecule has 0 unspecified atom stereocenters. The van der Waals surface area contributed by atoms with Gasteiger partial charge >= 0.3 is 0 Å². The van der Waals surface area contributed by atoms with E-state index in [9.17, 15) is 9.18 Å². The molecule has 33 heavy (non-hydrogen) atoms. The number of ether oxygens (including phenoxy) is 1. The number of carbonyl (C=O) groups excluding carboxylic acids is 1. The van der Waals surface area contributed by atoms with Crippen LogP contribution in [0.15, 0.2) is 71.6 Å². The van der Waals surface area contributed by atoms with Crippen LogP contribution >= 0.6 is 23.4 Å². The fourth-order valence-corrected chi connectivity index (χ4v) is 4.82. The summed E-state index contributed by atoms with van der Waals surface area (Å²) in [5.41, 5.74) is 2.64. The Kier molecular flexibility index (Phi) is 7.78. The quantitative estimate of drug-likeness (QED) is 0.377. The molecule has 3 aromatic rings. The Labute approximate surface area is 203 Å². The Hall–Kier alpha value is -2.70. The molecule has 1 saturated heterocycles. The number of hydrogen-bond donors (Lipinski definition) is 0. The number of benzene rings is 3. The summed E-state index contributed by atoms with van der Waals surface area (Å²) in [6.07, 6.45) is 0. The fourth-order valence-electron chi connectivity index (χ4n) is 3.82. The molecule has 0 radical (unpaired) electrons. The predicted octanol–water partition coefficient (Wildman–Crippen LogP) is 6.13. The van der Waals surface area contributed by atoms with Gasteiger partial charge in [0.2, 0.25) is 0 Å². The third-order valence-electron chi connectivity index (χ3n) is 5.57. The van der Waals surface area contributed by atoms with Crippen molar-refractivity contribution in [2.75, 3.05) is 37.7 Å². The average molecular weight is 485 g/mol. The Morgan fingerprint density at radius 3 is 2.36 bits per heavy atom. The summed E-state index contributed by atoms with van der Waals surface area (Å²) >= 11 is 7.67. The number of hydrogen-bond acceptors (Lipinski definition) is 4. The van der Waals surface area contributed by atoms with Crippen molar-refractivity contribution < 1.29 is 13.9 Å². The highest BCUT2D eigenvalue weighted by molar-refractivity contribution is 7.98. The second-order valence-corrected chi connectivity index (χ2v) is 9.24. The van der Waals surface area contributed by atoms with Gasteiger partial charge in [0.25, 0.3) is 5.91 Å². The number of halogens is 2. The van der Waals surface area contributed by atoms with E-state index in [1.165, 1.54) is 12.1 Å². The topological polar surface area (TPSA) is 32.8 Å². The summed E-state index contributed by atoms with van der Waals surface area (Å²) in [6.45, 7) is 5.20. The number of carbonyl (C=O) groups is 1. The third kappa shape index (κ3) is 6.01. The van der Waals surface area contributed by atoms with E-state index in [0.29, 0.717) is 49.1 Å². The van der Waals surface area contributed by atoms with Crippen LogP contribution in [0.25, 0.3) is 0 Å². The molecule has 3 aromatic carbocycles. The Balaban J connectivity index is 1.43. The van der Waals surface area contributed by atoms with Crippen molar-refractivity contribution in [1.82, 2.24) is 4.90 Å². The van der Waals surface area contributed by atoms with Crippen molar-refractivity contribution in [1.29, 1.82) is 0 Å². The molecule has 1 heterocycles. The van der Waals surface area contributed by atoms with Crippen LogP contribution in [0.3, 0.4) is 0 Å². The highest BCUT2D eigenvalue weighted by Gasteiger charge is 2.23. The predicted molar refractivity (Wildman–Crippen MR) is 133 cm³/mol. The highest BCUT2D eigenvalue weighted by atomic mass is 35.5. The van der Waals surface area contributed by atoms with Crippen molar-refractivity contribution in [2.24, 2.45) is 0 Å². The zero-order valence-electron chi connectivity index (χ0n) is 18.5. The first kappa shape index (κ1) is 23.5. The van der Waals surface area contributed by atoms with Gasteiger partial charge in [0.05, 0.1) is 6.61 Å². The van der Waals surface area contributed by atoms with Gasteiger partial charge in [0.15, 0.2) is 0 Å². The molecule has 4 rings (SSSR count). The maximum Gasteiger partial charge on any atom is 0.253 e. The van der Waals surface area contributed by atoms with Gasteiger partial charge in [0, 0.05) is 58.7 Å². The number of amides is 1. The summed E-state index contributed by atoms with van der Waals surface area (Å²) in [7, 11) is 0. The van der Waals surface area contributed by atoms with Gasteiger partial charge in [-0.15, -0.1) is 11.8 Å². The number of thioether (sulfide) groups is 1. The second-order valence-electron chi connectivity index (χ2n) is 7.75. The van der Waals surface area contributed by atoms with E-state index in [1.807, 2.05) is 54.3 Å². The van der Waals surface area contributed by atoms with Crippen LogP contribution in [0.5, 0.6) is 5.75 Å². The maximum atomic E-state index is 13.2. The van der Waals surface area contributed by atoms with Crippen LogP contribution in [-0.2, 0) is 5.75 Å². The van der Waals surface area contributed by atoms with Crippen molar-refractivity contribution in [3.8, 4) is 5.75 Å². The fraction of sp³-hybridized carbons (Fsp3) is 0.269. The first-order valence-corrected chi connectivity index (χ1v) is 12.3. The molecule has 0 spiro atoms. The number of anilines is 1. The van der Waals surface area contributed by atoms with E-state index in [0.717, 1.165) is 21.9 Å². The van der Waals surface area contributed by atoms with E-state index in [2.05, 4.69) is 4.90 Å². The van der Waals surface area contributed by atoms with Gasteiger partial charge in [-0.2, -0.15) is 0 Å². The Morgan fingerprint density at radius 2 is 1.70 bits per heavy atom. The summed E-state index contributed by atoms with van der Waals surface area (Å²) in [5, 5.41) is 0.710. The summed E-state index contributed by atoms with van der Waals surface area (Å²) in [6, 6.07) is 19.9. The van der Waals surface area contributed by atoms with Crippen molar-refractivity contribution in [3.63, 3.8) is 0 Å². The van der Waals surface area contributed by atoms with Crippen LogP contribution in [-0.4, -0.2) is 43.6 Å². The first-order chi connectivity index (χ1) is 16.0. The molecule has 1 aliphatic heterocycles. The zero-order valence-corrected chi connectivity index (χ0v) is 20.0. The minimum absolute atomic E-state index is 0.0227. The third-order valence-corrected chi connectivity index (χ3v) is 6.89. The monoisotopic (exact) mass is 484 g/mol. The van der Waals surface area contributed by atoms with Crippen molar-refractivity contribution in [3.05, 3.63) is 88.7 Å². The highest BCUT2D eigenvalue weighted by Crippen LogP contribution is 2.30. The molecule has 1 amide bonds. The van der Waals surface area contributed by atoms with Gasteiger partial charge in [-0.1, -0.05) is 11.6 Å². The molecule has 1 aliphatic rings. The van der Waals surface area contributed by atoms with Crippen molar-refractivity contribution >= 4 is 35.0 Å². The molecule has 7 heteroatoms. The first-order valence-electron chi connectivity index (χ1n) is 11.0. The SMILES string of the molecule is CCOc1ccc(C(=O)N2CCN(c3ccc(F)cc3)CC2)cc1CSc1ccc(Cl)cc1. The molecule has 0 aliphatic carbocycles. The molecular formula is C26H26ClFN2O2S. The lowest BCUT2D eigenvalue weighted by atomic mass is 10.1. The minimum Gasteiger partial charge on any atom is -0.494 e. The Morgan fingerprint density at radius 1 is 1.00 bits per heavy atom. The van der Waals surface area contributed by atoms with Crippen LogP contribution in [0, 0.1) is 5.82 Å². The van der Waals surface area contributed by atoms with Crippen molar-refractivity contribution in [2.45, 2.75) is 17.6 Å².